The maximum atomic E-state index is 12.3. The fraction of sp³-hybridized carbons (Fsp3) is 0.500. The first-order valence-electron chi connectivity index (χ1n) is 8.09. The second-order valence-electron chi connectivity index (χ2n) is 6.04. The Morgan fingerprint density at radius 3 is 2.77 bits per heavy atom. The van der Waals surface area contributed by atoms with Crippen molar-refractivity contribution in [3.05, 3.63) is 45.2 Å². The molecule has 1 amide bonds. The Kier molecular flexibility index (Phi) is 5.06. The first kappa shape index (κ1) is 15.8. The zero-order valence-electron chi connectivity index (χ0n) is 12.9. The third-order valence-electron chi connectivity index (χ3n) is 4.41. The smallest absolute Gasteiger partial charge is 0.227 e. The second kappa shape index (κ2) is 7.02. The Hall–Kier alpha value is -1.04. The topological polar surface area (TPSA) is 29.5 Å². The molecule has 0 saturated carbocycles. The van der Waals surface area contributed by atoms with Gasteiger partial charge in [-0.05, 0) is 34.6 Å². The zero-order valence-corrected chi connectivity index (χ0v) is 15.1. The second-order valence-corrected chi connectivity index (χ2v) is 7.20. The van der Waals surface area contributed by atoms with Crippen molar-refractivity contribution in [3.8, 4) is 0 Å². The summed E-state index contributed by atoms with van der Waals surface area (Å²) in [6.07, 6.45) is 5.17. The van der Waals surface area contributed by atoms with Crippen molar-refractivity contribution >= 4 is 28.5 Å². The monoisotopic (exact) mass is 411 g/mol. The number of allylic oxidation sites excluding steroid dienone is 1. The molecule has 1 saturated heterocycles. The summed E-state index contributed by atoms with van der Waals surface area (Å²) in [5.74, 6) is 1.33. The SMILES string of the molecule is CCCCCC1=C(I)[C@H]2[C@H](CC(=O)N2Cc2ccccc2)O1. The maximum absolute atomic E-state index is 12.3. The van der Waals surface area contributed by atoms with Crippen LogP contribution in [-0.2, 0) is 16.1 Å². The summed E-state index contributed by atoms with van der Waals surface area (Å²) in [5.41, 5.74) is 1.18. The van der Waals surface area contributed by atoms with Crippen molar-refractivity contribution in [3.63, 3.8) is 0 Å². The van der Waals surface area contributed by atoms with Crippen LogP contribution in [0.4, 0.5) is 0 Å². The van der Waals surface area contributed by atoms with Gasteiger partial charge in [-0.25, -0.2) is 0 Å². The van der Waals surface area contributed by atoms with E-state index in [4.69, 9.17) is 4.74 Å². The molecule has 0 aromatic heterocycles. The number of unbranched alkanes of at least 4 members (excludes halogenated alkanes) is 2. The molecule has 1 aromatic rings. The summed E-state index contributed by atoms with van der Waals surface area (Å²) in [5, 5.41) is 0. The molecule has 1 fully saturated rings. The number of rotatable bonds is 6. The van der Waals surface area contributed by atoms with E-state index in [2.05, 4.69) is 41.6 Å². The molecule has 1 aromatic carbocycles. The van der Waals surface area contributed by atoms with Gasteiger partial charge in [0.25, 0.3) is 0 Å². The lowest BCUT2D eigenvalue weighted by atomic mass is 10.1. The lowest BCUT2D eigenvalue weighted by molar-refractivity contribution is -0.129. The van der Waals surface area contributed by atoms with Gasteiger partial charge in [0.05, 0.1) is 10.0 Å². The van der Waals surface area contributed by atoms with Gasteiger partial charge in [-0.2, -0.15) is 0 Å². The number of hydrogen-bond donors (Lipinski definition) is 0. The highest BCUT2D eigenvalue weighted by atomic mass is 127. The van der Waals surface area contributed by atoms with Gasteiger partial charge in [-0.3, -0.25) is 4.79 Å². The number of halogens is 1. The highest BCUT2D eigenvalue weighted by Crippen LogP contribution is 2.42. The predicted molar refractivity (Wildman–Crippen MR) is 95.5 cm³/mol. The number of fused-ring (bicyclic) bond motifs is 1. The number of nitrogens with zero attached hydrogens (tertiary/aromatic N) is 1. The molecule has 0 spiro atoms. The minimum absolute atomic E-state index is 0.0275. The lowest BCUT2D eigenvalue weighted by Crippen LogP contribution is -2.34. The van der Waals surface area contributed by atoms with Crippen molar-refractivity contribution in [1.82, 2.24) is 4.90 Å². The van der Waals surface area contributed by atoms with E-state index in [9.17, 15) is 4.79 Å². The van der Waals surface area contributed by atoms with E-state index >= 15 is 0 Å². The average molecular weight is 411 g/mol. The molecular formula is C18H22INO2. The van der Waals surface area contributed by atoms with E-state index in [1.807, 2.05) is 23.1 Å². The van der Waals surface area contributed by atoms with Gasteiger partial charge < -0.3 is 9.64 Å². The fourth-order valence-electron chi connectivity index (χ4n) is 3.25. The summed E-state index contributed by atoms with van der Waals surface area (Å²) < 4.78 is 7.33. The number of ether oxygens (including phenoxy) is 1. The Morgan fingerprint density at radius 1 is 1.27 bits per heavy atom. The average Bonchev–Trinajstić information content (AvgIpc) is 2.98. The Labute approximate surface area is 145 Å². The highest BCUT2D eigenvalue weighted by Gasteiger charge is 2.47. The summed E-state index contributed by atoms with van der Waals surface area (Å²) in [6.45, 7) is 2.89. The van der Waals surface area contributed by atoms with Gasteiger partial charge in [-0.1, -0.05) is 50.1 Å². The first-order chi connectivity index (χ1) is 10.7. The van der Waals surface area contributed by atoms with Crippen LogP contribution in [0.3, 0.4) is 0 Å². The lowest BCUT2D eigenvalue weighted by Gasteiger charge is -2.23. The predicted octanol–water partition coefficient (Wildman–Crippen LogP) is 4.41. The van der Waals surface area contributed by atoms with Crippen LogP contribution in [-0.4, -0.2) is 23.0 Å². The summed E-state index contributed by atoms with van der Waals surface area (Å²) in [4.78, 5) is 14.3. The summed E-state index contributed by atoms with van der Waals surface area (Å²) in [6, 6.07) is 10.3. The number of likely N-dealkylation sites (tertiary alicyclic amines) is 1. The molecule has 118 valence electrons. The quantitative estimate of drug-likeness (QED) is 0.513. The zero-order chi connectivity index (χ0) is 15.5. The van der Waals surface area contributed by atoms with Crippen LogP contribution in [0, 0.1) is 0 Å². The fourth-order valence-corrected chi connectivity index (χ4v) is 4.38. The molecule has 0 aliphatic carbocycles. The van der Waals surface area contributed by atoms with Gasteiger partial charge in [0.1, 0.15) is 17.9 Å². The molecule has 0 N–H and O–H groups in total. The van der Waals surface area contributed by atoms with Crippen molar-refractivity contribution in [2.24, 2.45) is 0 Å². The molecule has 2 aliphatic heterocycles. The Bertz CT molecular complexity index is 570. The van der Waals surface area contributed by atoms with E-state index < -0.39 is 0 Å². The van der Waals surface area contributed by atoms with Crippen molar-refractivity contribution in [1.29, 1.82) is 0 Å². The van der Waals surface area contributed by atoms with E-state index in [0.717, 1.165) is 12.2 Å². The third kappa shape index (κ3) is 3.16. The molecule has 3 nitrogen and oxygen atoms in total. The van der Waals surface area contributed by atoms with E-state index in [-0.39, 0.29) is 18.1 Å². The van der Waals surface area contributed by atoms with Gasteiger partial charge in [0, 0.05) is 13.0 Å². The van der Waals surface area contributed by atoms with Crippen LogP contribution in [0.5, 0.6) is 0 Å². The normalized spacial score (nSPS) is 23.9. The molecule has 0 radical (unpaired) electrons. The van der Waals surface area contributed by atoms with Crippen LogP contribution in [0.25, 0.3) is 0 Å². The molecular weight excluding hydrogens is 389 g/mol. The minimum Gasteiger partial charge on any atom is -0.491 e. The Balaban J connectivity index is 1.73. The number of amides is 1. The van der Waals surface area contributed by atoms with Gasteiger partial charge in [0.2, 0.25) is 5.91 Å². The van der Waals surface area contributed by atoms with Crippen molar-refractivity contribution in [2.45, 2.75) is 57.7 Å². The minimum atomic E-state index is 0.0275. The van der Waals surface area contributed by atoms with Crippen LogP contribution in [0.2, 0.25) is 0 Å². The van der Waals surface area contributed by atoms with Crippen LogP contribution >= 0.6 is 22.6 Å². The van der Waals surface area contributed by atoms with E-state index in [1.165, 1.54) is 28.4 Å². The van der Waals surface area contributed by atoms with Crippen LogP contribution in [0.15, 0.2) is 39.7 Å². The molecule has 0 bridgehead atoms. The molecule has 0 unspecified atom stereocenters. The van der Waals surface area contributed by atoms with Gasteiger partial charge in [-0.15, -0.1) is 0 Å². The van der Waals surface area contributed by atoms with E-state index in [0.29, 0.717) is 13.0 Å². The maximum Gasteiger partial charge on any atom is 0.227 e. The summed E-state index contributed by atoms with van der Waals surface area (Å²) in [7, 11) is 0. The number of hydrogen-bond acceptors (Lipinski definition) is 2. The number of carbonyl (C=O) groups is 1. The molecule has 22 heavy (non-hydrogen) atoms. The van der Waals surface area contributed by atoms with Crippen molar-refractivity contribution < 1.29 is 9.53 Å². The largest absolute Gasteiger partial charge is 0.491 e. The summed E-state index contributed by atoms with van der Waals surface area (Å²) >= 11 is 2.39. The molecule has 4 heteroatoms. The standard InChI is InChI=1S/C18H22INO2/c1-2-3-5-10-14-17(19)18-15(22-14)11-16(21)20(18)12-13-8-6-4-7-9-13/h4,6-9,15,18H,2-3,5,10-12H2,1H3/t15-,18+/m0/s1. The Morgan fingerprint density at radius 2 is 2.05 bits per heavy atom. The molecule has 2 heterocycles. The van der Waals surface area contributed by atoms with E-state index in [1.54, 1.807) is 0 Å². The van der Waals surface area contributed by atoms with Gasteiger partial charge >= 0.3 is 0 Å². The number of carbonyl (C=O) groups excluding carboxylic acids is 1. The van der Waals surface area contributed by atoms with Crippen LogP contribution in [0.1, 0.15) is 44.6 Å². The van der Waals surface area contributed by atoms with Crippen LogP contribution < -0.4 is 0 Å². The van der Waals surface area contributed by atoms with Crippen molar-refractivity contribution in [2.75, 3.05) is 0 Å². The molecule has 3 rings (SSSR count). The first-order valence-corrected chi connectivity index (χ1v) is 9.17. The van der Waals surface area contributed by atoms with Gasteiger partial charge in [0.15, 0.2) is 0 Å². The third-order valence-corrected chi connectivity index (χ3v) is 5.65. The molecule has 2 atom stereocenters. The number of benzene rings is 1. The molecule has 2 aliphatic rings. The highest BCUT2D eigenvalue weighted by molar-refractivity contribution is 14.1.